The van der Waals surface area contributed by atoms with Crippen LogP contribution in [0.2, 0.25) is 0 Å². The second-order valence-electron chi connectivity index (χ2n) is 5.16. The van der Waals surface area contributed by atoms with Crippen molar-refractivity contribution in [3.8, 4) is 0 Å². The van der Waals surface area contributed by atoms with Crippen LogP contribution in [0.1, 0.15) is 26.7 Å². The molecule has 0 bridgehead atoms. The van der Waals surface area contributed by atoms with Crippen molar-refractivity contribution in [2.24, 2.45) is 0 Å². The second-order valence-corrected chi connectivity index (χ2v) is 5.16. The highest BCUT2D eigenvalue weighted by Gasteiger charge is 2.31. The molecule has 0 spiro atoms. The number of rotatable bonds is 4. The van der Waals surface area contributed by atoms with Crippen molar-refractivity contribution in [3.63, 3.8) is 0 Å². The molecule has 6 nitrogen and oxygen atoms in total. The Bertz CT molecular complexity index is 850. The summed E-state index contributed by atoms with van der Waals surface area (Å²) in [5.74, 6) is -1.58. The highest BCUT2D eigenvalue weighted by atomic mass is 19.4. The van der Waals surface area contributed by atoms with Gasteiger partial charge in [-0.25, -0.2) is 0 Å². The van der Waals surface area contributed by atoms with Gasteiger partial charge in [0, 0.05) is 11.4 Å². The average Bonchev–Trinajstić information content (AvgIpc) is 3.27. The van der Waals surface area contributed by atoms with E-state index in [1.165, 1.54) is 42.9 Å². The van der Waals surface area contributed by atoms with E-state index >= 15 is 0 Å². The third-order valence-electron chi connectivity index (χ3n) is 3.27. The zero-order valence-corrected chi connectivity index (χ0v) is 13.0. The summed E-state index contributed by atoms with van der Waals surface area (Å²) in [5, 5.41) is 4.60. The molecule has 3 rings (SSSR count). The lowest BCUT2D eigenvalue weighted by Crippen LogP contribution is -2.15. The Morgan fingerprint density at radius 2 is 1.27 bits per heavy atom. The molecular weight excluding hydrogens is 353 g/mol. The summed E-state index contributed by atoms with van der Waals surface area (Å²) >= 11 is 0. The number of anilines is 2. The van der Waals surface area contributed by atoms with Gasteiger partial charge < -0.3 is 19.5 Å². The topological polar surface area (TPSA) is 84.5 Å². The van der Waals surface area contributed by atoms with Crippen LogP contribution in [0.3, 0.4) is 0 Å². The van der Waals surface area contributed by atoms with Gasteiger partial charge in [0.15, 0.2) is 11.5 Å². The van der Waals surface area contributed by atoms with Gasteiger partial charge in [0.05, 0.1) is 18.1 Å². The van der Waals surface area contributed by atoms with Gasteiger partial charge in [-0.1, -0.05) is 0 Å². The smallest absolute Gasteiger partial charge is 0.416 e. The SMILES string of the molecule is O=C(Nc1cc(NC(=O)c2ccco2)cc(C(F)(F)F)c1)c1ccco1. The van der Waals surface area contributed by atoms with Gasteiger partial charge in [-0.2, -0.15) is 13.2 Å². The van der Waals surface area contributed by atoms with Crippen LogP contribution in [-0.2, 0) is 6.18 Å². The molecule has 2 aromatic heterocycles. The second kappa shape index (κ2) is 6.79. The zero-order valence-electron chi connectivity index (χ0n) is 13.0. The number of carbonyl (C=O) groups excluding carboxylic acids is 2. The molecule has 134 valence electrons. The Morgan fingerprint density at radius 3 is 1.62 bits per heavy atom. The molecule has 1 aromatic carbocycles. The minimum Gasteiger partial charge on any atom is -0.459 e. The molecule has 0 aliphatic heterocycles. The Hall–Kier alpha value is -3.49. The minimum atomic E-state index is -4.67. The lowest BCUT2D eigenvalue weighted by atomic mass is 10.1. The van der Waals surface area contributed by atoms with Crippen LogP contribution in [0.5, 0.6) is 0 Å². The third kappa shape index (κ3) is 3.94. The molecule has 0 atom stereocenters. The highest BCUT2D eigenvalue weighted by molar-refractivity contribution is 6.04. The number of furan rings is 2. The maximum Gasteiger partial charge on any atom is 0.416 e. The summed E-state index contributed by atoms with van der Waals surface area (Å²) in [4.78, 5) is 23.9. The van der Waals surface area contributed by atoms with E-state index in [1.807, 2.05) is 0 Å². The van der Waals surface area contributed by atoms with Crippen molar-refractivity contribution in [2.45, 2.75) is 6.18 Å². The number of carbonyl (C=O) groups is 2. The van der Waals surface area contributed by atoms with Crippen molar-refractivity contribution >= 4 is 23.2 Å². The van der Waals surface area contributed by atoms with Gasteiger partial charge in [-0.15, -0.1) is 0 Å². The molecule has 9 heteroatoms. The maximum absolute atomic E-state index is 13.1. The first-order valence-corrected chi connectivity index (χ1v) is 7.25. The van der Waals surface area contributed by atoms with Crippen LogP contribution in [0.15, 0.2) is 63.8 Å². The molecule has 2 heterocycles. The Balaban J connectivity index is 1.89. The fraction of sp³-hybridized carbons (Fsp3) is 0.0588. The van der Waals surface area contributed by atoms with Crippen molar-refractivity contribution < 1.29 is 31.6 Å². The van der Waals surface area contributed by atoms with Crippen LogP contribution in [0.25, 0.3) is 0 Å². The summed E-state index contributed by atoms with van der Waals surface area (Å²) in [5.41, 5.74) is -1.35. The molecule has 0 fully saturated rings. The first-order valence-electron chi connectivity index (χ1n) is 7.25. The van der Waals surface area contributed by atoms with E-state index in [-0.39, 0.29) is 22.9 Å². The number of hydrogen-bond donors (Lipinski definition) is 2. The van der Waals surface area contributed by atoms with Crippen LogP contribution in [0.4, 0.5) is 24.5 Å². The van der Waals surface area contributed by atoms with E-state index in [1.54, 1.807) is 0 Å². The van der Waals surface area contributed by atoms with E-state index in [9.17, 15) is 22.8 Å². The van der Waals surface area contributed by atoms with Crippen molar-refractivity contribution in [2.75, 3.05) is 10.6 Å². The predicted octanol–water partition coefficient (Wildman–Crippen LogP) is 4.40. The molecule has 2 amide bonds. The maximum atomic E-state index is 13.1. The fourth-order valence-electron chi connectivity index (χ4n) is 2.14. The molecule has 0 aliphatic rings. The molecule has 0 radical (unpaired) electrons. The van der Waals surface area contributed by atoms with Gasteiger partial charge in [0.2, 0.25) is 0 Å². The van der Waals surface area contributed by atoms with Crippen LogP contribution < -0.4 is 10.6 Å². The molecule has 0 unspecified atom stereocenters. The summed E-state index contributed by atoms with van der Waals surface area (Å²) in [6.45, 7) is 0. The van der Waals surface area contributed by atoms with Gasteiger partial charge in [-0.3, -0.25) is 9.59 Å². The van der Waals surface area contributed by atoms with Crippen molar-refractivity contribution in [1.29, 1.82) is 0 Å². The number of halogens is 3. The lowest BCUT2D eigenvalue weighted by Gasteiger charge is -2.13. The quantitative estimate of drug-likeness (QED) is 0.719. The molecular formula is C17H11F3N2O4. The van der Waals surface area contributed by atoms with Gasteiger partial charge >= 0.3 is 6.18 Å². The van der Waals surface area contributed by atoms with E-state index in [0.717, 1.165) is 12.1 Å². The molecule has 0 aliphatic carbocycles. The Morgan fingerprint density at radius 1 is 0.808 bits per heavy atom. The first kappa shape index (κ1) is 17.3. The van der Waals surface area contributed by atoms with E-state index in [0.29, 0.717) is 0 Å². The van der Waals surface area contributed by atoms with Crippen LogP contribution in [0, 0.1) is 0 Å². The van der Waals surface area contributed by atoms with Gasteiger partial charge in [0.25, 0.3) is 11.8 Å². The number of alkyl halides is 3. The lowest BCUT2D eigenvalue weighted by molar-refractivity contribution is -0.137. The number of hydrogen-bond acceptors (Lipinski definition) is 4. The van der Waals surface area contributed by atoms with E-state index in [2.05, 4.69) is 10.6 Å². The van der Waals surface area contributed by atoms with Crippen LogP contribution >= 0.6 is 0 Å². The third-order valence-corrected chi connectivity index (χ3v) is 3.27. The summed E-state index contributed by atoms with van der Waals surface area (Å²) in [7, 11) is 0. The molecule has 0 saturated carbocycles. The highest BCUT2D eigenvalue weighted by Crippen LogP contribution is 2.33. The first-order chi connectivity index (χ1) is 12.3. The van der Waals surface area contributed by atoms with E-state index < -0.39 is 23.6 Å². The summed E-state index contributed by atoms with van der Waals surface area (Å²) in [6.07, 6.45) is -2.15. The zero-order chi connectivity index (χ0) is 18.7. The minimum absolute atomic E-state index is 0.0661. The Kier molecular flexibility index (Phi) is 4.53. The number of amides is 2. The standard InChI is InChI=1S/C17H11F3N2O4/c18-17(19,20)10-7-11(21-15(23)13-3-1-5-25-13)9-12(8-10)22-16(24)14-4-2-6-26-14/h1-9H,(H,21,23)(H,22,24). The van der Waals surface area contributed by atoms with E-state index in [4.69, 9.17) is 8.83 Å². The number of benzene rings is 1. The predicted molar refractivity (Wildman–Crippen MR) is 84.8 cm³/mol. The summed E-state index contributed by atoms with van der Waals surface area (Å²) < 4.78 is 49.1. The van der Waals surface area contributed by atoms with Crippen LogP contribution in [-0.4, -0.2) is 11.8 Å². The summed E-state index contributed by atoms with van der Waals surface area (Å²) in [6, 6.07) is 8.36. The molecule has 3 aromatic rings. The average molecular weight is 364 g/mol. The number of nitrogens with one attached hydrogen (secondary N) is 2. The van der Waals surface area contributed by atoms with Gasteiger partial charge in [-0.05, 0) is 42.5 Å². The molecule has 2 N–H and O–H groups in total. The van der Waals surface area contributed by atoms with Crippen molar-refractivity contribution in [1.82, 2.24) is 0 Å². The monoisotopic (exact) mass is 364 g/mol. The molecule has 26 heavy (non-hydrogen) atoms. The largest absolute Gasteiger partial charge is 0.459 e. The normalized spacial score (nSPS) is 11.2. The van der Waals surface area contributed by atoms with Gasteiger partial charge in [0.1, 0.15) is 0 Å². The fourth-order valence-corrected chi connectivity index (χ4v) is 2.14. The van der Waals surface area contributed by atoms with Crippen molar-refractivity contribution in [3.05, 3.63) is 72.1 Å². The molecule has 0 saturated heterocycles. The Labute approximate surface area is 144 Å².